The Morgan fingerprint density at radius 1 is 0.757 bits per heavy atom. The largest absolute Gasteiger partial charge is 0.481 e. The van der Waals surface area contributed by atoms with Crippen LogP contribution in [0.3, 0.4) is 0 Å². The molecule has 0 aliphatic carbocycles. The van der Waals surface area contributed by atoms with Crippen molar-refractivity contribution < 1.29 is 14.3 Å². The van der Waals surface area contributed by atoms with Crippen LogP contribution >= 0.6 is 0 Å². The second-order valence-corrected chi connectivity index (χ2v) is 9.05. The maximum absolute atomic E-state index is 13.5. The van der Waals surface area contributed by atoms with Crippen LogP contribution in [0.2, 0.25) is 0 Å². The molecule has 3 nitrogen and oxygen atoms in total. The van der Waals surface area contributed by atoms with E-state index in [0.29, 0.717) is 17.9 Å². The summed E-state index contributed by atoms with van der Waals surface area (Å²) in [5.41, 5.74) is 4.71. The highest BCUT2D eigenvalue weighted by molar-refractivity contribution is 5.92. The average molecular weight is 487 g/mol. The molecule has 4 aromatic carbocycles. The first-order chi connectivity index (χ1) is 18.1. The number of rotatable bonds is 7. The van der Waals surface area contributed by atoms with E-state index in [9.17, 15) is 4.79 Å². The number of ether oxygens (including phenoxy) is 2. The van der Waals surface area contributed by atoms with Gasteiger partial charge in [-0.05, 0) is 30.5 Å². The Balaban J connectivity index is 1.82. The molecule has 0 amide bonds. The third-order valence-electron chi connectivity index (χ3n) is 6.85. The van der Waals surface area contributed by atoms with E-state index in [1.165, 1.54) is 0 Å². The molecule has 3 heteroatoms. The third-order valence-corrected chi connectivity index (χ3v) is 6.85. The van der Waals surface area contributed by atoms with Crippen LogP contribution in [0.15, 0.2) is 139 Å². The van der Waals surface area contributed by atoms with Crippen molar-refractivity contribution in [2.45, 2.75) is 19.4 Å². The fourth-order valence-corrected chi connectivity index (χ4v) is 5.24. The molecular weight excluding hydrogens is 456 g/mol. The van der Waals surface area contributed by atoms with E-state index < -0.39 is 11.5 Å². The lowest BCUT2D eigenvalue weighted by Crippen LogP contribution is -2.36. The summed E-state index contributed by atoms with van der Waals surface area (Å²) in [6, 6.07) is 40.9. The van der Waals surface area contributed by atoms with E-state index in [2.05, 4.69) is 54.6 Å². The lowest BCUT2D eigenvalue weighted by molar-refractivity contribution is -0.139. The highest BCUT2D eigenvalue weighted by atomic mass is 16.5. The molecule has 0 fully saturated rings. The monoisotopic (exact) mass is 486 g/mol. The molecule has 1 unspecified atom stereocenters. The molecule has 0 saturated heterocycles. The van der Waals surface area contributed by atoms with Gasteiger partial charge in [0.1, 0.15) is 5.76 Å². The summed E-state index contributed by atoms with van der Waals surface area (Å²) < 4.78 is 12.4. The minimum Gasteiger partial charge on any atom is -0.481 e. The van der Waals surface area contributed by atoms with Crippen LogP contribution in [-0.2, 0) is 19.9 Å². The van der Waals surface area contributed by atoms with E-state index in [1.54, 1.807) is 0 Å². The standard InChI is InChI=1S/C34H30O3/c1-3-36-33(35)32-25(2)37-34(28-20-12-6-13-21-28,29-22-14-7-15-23-29)31(32)24-30(26-16-8-4-9-17-26)27-18-10-5-11-19-27/h4-24,31H,3H2,1-2H3. The quantitative estimate of drug-likeness (QED) is 0.253. The van der Waals surface area contributed by atoms with Gasteiger partial charge in [-0.2, -0.15) is 0 Å². The zero-order valence-electron chi connectivity index (χ0n) is 21.1. The van der Waals surface area contributed by atoms with Crippen molar-refractivity contribution in [3.63, 3.8) is 0 Å². The molecule has 1 atom stereocenters. The Morgan fingerprint density at radius 3 is 1.62 bits per heavy atom. The highest BCUT2D eigenvalue weighted by Crippen LogP contribution is 2.52. The molecule has 1 aliphatic heterocycles. The van der Waals surface area contributed by atoms with E-state index in [0.717, 1.165) is 27.8 Å². The summed E-state index contributed by atoms with van der Waals surface area (Å²) in [6.07, 6.45) is 2.19. The molecule has 4 aromatic rings. The van der Waals surface area contributed by atoms with Gasteiger partial charge < -0.3 is 9.47 Å². The normalized spacial score (nSPS) is 16.1. The Bertz CT molecular complexity index is 1320. The van der Waals surface area contributed by atoms with Crippen LogP contribution in [0, 0.1) is 5.92 Å². The van der Waals surface area contributed by atoms with Crippen LogP contribution in [0.5, 0.6) is 0 Å². The van der Waals surface area contributed by atoms with Gasteiger partial charge in [0.15, 0.2) is 5.60 Å². The summed E-state index contributed by atoms with van der Waals surface area (Å²) in [6.45, 7) is 3.99. The van der Waals surface area contributed by atoms with Crippen molar-refractivity contribution in [1.82, 2.24) is 0 Å². The fraction of sp³-hybridized carbons (Fsp3) is 0.147. The van der Waals surface area contributed by atoms with Crippen LogP contribution in [-0.4, -0.2) is 12.6 Å². The van der Waals surface area contributed by atoms with Gasteiger partial charge in [-0.25, -0.2) is 4.79 Å². The van der Waals surface area contributed by atoms with Gasteiger partial charge in [0.05, 0.1) is 18.1 Å². The fourth-order valence-electron chi connectivity index (χ4n) is 5.24. The van der Waals surface area contributed by atoms with E-state index in [-0.39, 0.29) is 5.97 Å². The summed E-state index contributed by atoms with van der Waals surface area (Å²) >= 11 is 0. The summed E-state index contributed by atoms with van der Waals surface area (Å²) in [5, 5.41) is 0. The van der Waals surface area contributed by atoms with Crippen LogP contribution in [0.25, 0.3) is 5.57 Å². The van der Waals surface area contributed by atoms with Crippen molar-refractivity contribution in [3.8, 4) is 0 Å². The zero-order valence-corrected chi connectivity index (χ0v) is 21.1. The van der Waals surface area contributed by atoms with Crippen molar-refractivity contribution in [2.24, 2.45) is 5.92 Å². The summed E-state index contributed by atoms with van der Waals surface area (Å²) in [5.74, 6) is -0.213. The topological polar surface area (TPSA) is 35.5 Å². The first-order valence-electron chi connectivity index (χ1n) is 12.7. The molecule has 1 heterocycles. The predicted octanol–water partition coefficient (Wildman–Crippen LogP) is 7.55. The molecule has 5 rings (SSSR count). The molecule has 0 radical (unpaired) electrons. The number of hydrogen-bond acceptors (Lipinski definition) is 3. The van der Waals surface area contributed by atoms with Crippen LogP contribution in [0.1, 0.15) is 36.1 Å². The molecule has 184 valence electrons. The molecule has 0 saturated carbocycles. The van der Waals surface area contributed by atoms with E-state index in [1.807, 2.05) is 86.6 Å². The van der Waals surface area contributed by atoms with Gasteiger partial charge >= 0.3 is 5.97 Å². The highest BCUT2D eigenvalue weighted by Gasteiger charge is 2.53. The molecular formula is C34H30O3. The minimum absolute atomic E-state index is 0.292. The Labute approximate surface area is 218 Å². The molecule has 0 spiro atoms. The third kappa shape index (κ3) is 4.61. The smallest absolute Gasteiger partial charge is 0.338 e. The van der Waals surface area contributed by atoms with E-state index in [4.69, 9.17) is 9.47 Å². The average Bonchev–Trinajstić information content (AvgIpc) is 3.26. The van der Waals surface area contributed by atoms with Crippen molar-refractivity contribution >= 4 is 11.5 Å². The van der Waals surface area contributed by atoms with Gasteiger partial charge in [0, 0.05) is 11.1 Å². The zero-order chi connectivity index (χ0) is 25.7. The number of carbonyl (C=O) groups excluding carboxylic acids is 1. The first-order valence-corrected chi connectivity index (χ1v) is 12.7. The lowest BCUT2D eigenvalue weighted by Gasteiger charge is -2.36. The second-order valence-electron chi connectivity index (χ2n) is 9.05. The molecule has 37 heavy (non-hydrogen) atoms. The van der Waals surface area contributed by atoms with Gasteiger partial charge in [-0.15, -0.1) is 0 Å². The number of hydrogen-bond donors (Lipinski definition) is 0. The van der Waals surface area contributed by atoms with Gasteiger partial charge in [-0.1, -0.05) is 127 Å². The Morgan fingerprint density at radius 2 is 1.19 bits per heavy atom. The van der Waals surface area contributed by atoms with Gasteiger partial charge in [0.25, 0.3) is 0 Å². The number of esters is 1. The Kier molecular flexibility index (Phi) is 7.04. The van der Waals surface area contributed by atoms with Crippen molar-refractivity contribution in [2.75, 3.05) is 6.61 Å². The molecule has 0 bridgehead atoms. The number of carbonyl (C=O) groups is 1. The minimum atomic E-state index is -0.941. The molecule has 1 aliphatic rings. The Hall–Kier alpha value is -4.37. The van der Waals surface area contributed by atoms with Crippen LogP contribution < -0.4 is 0 Å². The first kappa shape index (κ1) is 24.3. The summed E-state index contributed by atoms with van der Waals surface area (Å²) in [7, 11) is 0. The van der Waals surface area contributed by atoms with Gasteiger partial charge in [-0.3, -0.25) is 0 Å². The molecule has 0 aromatic heterocycles. The second kappa shape index (κ2) is 10.7. The maximum Gasteiger partial charge on any atom is 0.338 e. The van der Waals surface area contributed by atoms with E-state index >= 15 is 0 Å². The van der Waals surface area contributed by atoms with Gasteiger partial charge in [0.2, 0.25) is 0 Å². The molecule has 0 N–H and O–H groups in total. The van der Waals surface area contributed by atoms with Crippen molar-refractivity contribution in [1.29, 1.82) is 0 Å². The SMILES string of the molecule is CCOC(=O)C1=C(C)OC(c2ccccc2)(c2ccccc2)C1C=C(c1ccccc1)c1ccccc1. The number of allylic oxidation sites excluding steroid dienone is 1. The predicted molar refractivity (Wildman–Crippen MR) is 148 cm³/mol. The lowest BCUT2D eigenvalue weighted by atomic mass is 9.72. The summed E-state index contributed by atoms with van der Waals surface area (Å²) in [4.78, 5) is 13.5. The van der Waals surface area contributed by atoms with Crippen molar-refractivity contribution in [3.05, 3.63) is 161 Å². The van der Waals surface area contributed by atoms with Crippen LogP contribution in [0.4, 0.5) is 0 Å². The maximum atomic E-state index is 13.5. The number of benzene rings is 4.